The van der Waals surface area contributed by atoms with Gasteiger partial charge in [-0.1, -0.05) is 35.9 Å². The number of halogens is 1. The van der Waals surface area contributed by atoms with E-state index in [9.17, 15) is 19.2 Å². The number of ether oxygens (including phenoxy) is 4. The Labute approximate surface area is 276 Å². The van der Waals surface area contributed by atoms with E-state index < -0.39 is 36.1 Å². The summed E-state index contributed by atoms with van der Waals surface area (Å²) in [5.41, 5.74) is 1.95. The van der Waals surface area contributed by atoms with Gasteiger partial charge >= 0.3 is 0 Å². The molecule has 1 atom stereocenters. The molecule has 0 saturated carbocycles. The SMILES string of the molecule is COc1ccc(NC(=O)C(c2cc(OC)c(OC)c(OC)c2)N(Cc2ccc(Cl)cc2)C(=O)CN2C(=O)C(=O)c3ccccc32)cc1. The van der Waals surface area contributed by atoms with E-state index in [4.69, 9.17) is 30.5 Å². The Balaban J connectivity index is 1.63. The number of benzene rings is 4. The molecular formula is C35H32ClN3O8. The molecule has 1 unspecified atom stereocenters. The van der Waals surface area contributed by atoms with Crippen molar-refractivity contribution in [3.05, 3.63) is 107 Å². The van der Waals surface area contributed by atoms with Crippen molar-refractivity contribution in [2.45, 2.75) is 12.6 Å². The highest BCUT2D eigenvalue weighted by Crippen LogP contribution is 2.41. The van der Waals surface area contributed by atoms with Crippen LogP contribution in [0.5, 0.6) is 23.0 Å². The fourth-order valence-corrected chi connectivity index (χ4v) is 5.48. The van der Waals surface area contributed by atoms with E-state index in [1.807, 2.05) is 0 Å². The predicted octanol–water partition coefficient (Wildman–Crippen LogP) is 5.31. The van der Waals surface area contributed by atoms with Crippen LogP contribution in [0, 0.1) is 0 Å². The average Bonchev–Trinajstić information content (AvgIpc) is 3.33. The van der Waals surface area contributed by atoms with Gasteiger partial charge in [0.25, 0.3) is 17.6 Å². The molecule has 1 heterocycles. The zero-order valence-electron chi connectivity index (χ0n) is 26.1. The number of carbonyl (C=O) groups is 4. The summed E-state index contributed by atoms with van der Waals surface area (Å²) < 4.78 is 21.9. The van der Waals surface area contributed by atoms with Gasteiger partial charge in [0.15, 0.2) is 11.5 Å². The normalized spacial score (nSPS) is 12.7. The minimum Gasteiger partial charge on any atom is -0.497 e. The third-order valence-electron chi connectivity index (χ3n) is 7.68. The summed E-state index contributed by atoms with van der Waals surface area (Å²) in [6.45, 7) is -0.573. The summed E-state index contributed by atoms with van der Waals surface area (Å²) in [6.07, 6.45) is 0. The van der Waals surface area contributed by atoms with Crippen molar-refractivity contribution in [2.24, 2.45) is 0 Å². The second kappa shape index (κ2) is 14.3. The predicted molar refractivity (Wildman–Crippen MR) is 176 cm³/mol. The van der Waals surface area contributed by atoms with Crippen LogP contribution in [0.1, 0.15) is 27.5 Å². The number of methoxy groups -OCH3 is 4. The minimum absolute atomic E-state index is 0.0645. The summed E-state index contributed by atoms with van der Waals surface area (Å²) in [5, 5.41) is 3.38. The molecule has 0 radical (unpaired) electrons. The monoisotopic (exact) mass is 657 g/mol. The lowest BCUT2D eigenvalue weighted by Gasteiger charge is -2.33. The van der Waals surface area contributed by atoms with Crippen LogP contribution in [0.2, 0.25) is 5.02 Å². The van der Waals surface area contributed by atoms with Crippen molar-refractivity contribution in [3.8, 4) is 23.0 Å². The van der Waals surface area contributed by atoms with Crippen LogP contribution in [-0.4, -0.2) is 63.4 Å². The van der Waals surface area contributed by atoms with E-state index in [0.29, 0.717) is 39.0 Å². The first kappa shape index (κ1) is 32.8. The Morgan fingerprint density at radius 3 is 2.06 bits per heavy atom. The molecule has 0 saturated heterocycles. The second-order valence-corrected chi connectivity index (χ2v) is 10.9. The Morgan fingerprint density at radius 1 is 0.830 bits per heavy atom. The van der Waals surface area contributed by atoms with Gasteiger partial charge in [0.05, 0.1) is 39.7 Å². The number of nitrogens with one attached hydrogen (secondary N) is 1. The molecule has 0 bridgehead atoms. The van der Waals surface area contributed by atoms with E-state index in [2.05, 4.69) is 5.32 Å². The molecule has 0 fully saturated rings. The third kappa shape index (κ3) is 6.85. The quantitative estimate of drug-likeness (QED) is 0.203. The number of hydrogen-bond acceptors (Lipinski definition) is 8. The zero-order valence-corrected chi connectivity index (χ0v) is 26.9. The Kier molecular flexibility index (Phi) is 9.96. The summed E-state index contributed by atoms with van der Waals surface area (Å²) in [6, 6.07) is 21.8. The molecule has 4 aromatic rings. The maximum atomic E-state index is 14.4. The highest BCUT2D eigenvalue weighted by Gasteiger charge is 2.40. The van der Waals surface area contributed by atoms with Crippen LogP contribution >= 0.6 is 11.6 Å². The molecule has 1 N–H and O–H groups in total. The van der Waals surface area contributed by atoms with Gasteiger partial charge in [-0.15, -0.1) is 0 Å². The van der Waals surface area contributed by atoms with Gasteiger partial charge in [-0.3, -0.25) is 24.1 Å². The summed E-state index contributed by atoms with van der Waals surface area (Å²) >= 11 is 6.15. The number of anilines is 2. The van der Waals surface area contributed by atoms with E-state index >= 15 is 0 Å². The molecule has 47 heavy (non-hydrogen) atoms. The number of Topliss-reactive ketones (excluding diaryl/α,β-unsaturated/α-hetero) is 1. The molecule has 0 spiro atoms. The number of nitrogens with zero attached hydrogens (tertiary/aromatic N) is 2. The minimum atomic E-state index is -1.29. The summed E-state index contributed by atoms with van der Waals surface area (Å²) in [5.74, 6) is -1.32. The smallest absolute Gasteiger partial charge is 0.299 e. The Morgan fingerprint density at radius 2 is 1.47 bits per heavy atom. The Hall–Kier alpha value is -5.55. The van der Waals surface area contributed by atoms with Gasteiger partial charge in [0.2, 0.25) is 11.7 Å². The number of amides is 3. The van der Waals surface area contributed by atoms with Crippen LogP contribution in [0.25, 0.3) is 0 Å². The molecule has 242 valence electrons. The van der Waals surface area contributed by atoms with Gasteiger partial charge in [-0.05, 0) is 71.8 Å². The molecule has 3 amide bonds. The maximum absolute atomic E-state index is 14.4. The topological polar surface area (TPSA) is 124 Å². The highest BCUT2D eigenvalue weighted by atomic mass is 35.5. The second-order valence-electron chi connectivity index (χ2n) is 10.5. The number of hydrogen-bond donors (Lipinski definition) is 1. The van der Waals surface area contributed by atoms with Crippen molar-refractivity contribution in [3.63, 3.8) is 0 Å². The van der Waals surface area contributed by atoms with Gasteiger partial charge in [0, 0.05) is 17.3 Å². The van der Waals surface area contributed by atoms with Crippen LogP contribution in [0.4, 0.5) is 11.4 Å². The molecule has 5 rings (SSSR count). The number of para-hydroxylation sites is 1. The van der Waals surface area contributed by atoms with E-state index in [1.165, 1.54) is 39.4 Å². The van der Waals surface area contributed by atoms with Gasteiger partial charge in [0.1, 0.15) is 18.3 Å². The first-order valence-electron chi connectivity index (χ1n) is 14.4. The Bertz CT molecular complexity index is 1790. The largest absolute Gasteiger partial charge is 0.497 e. The molecule has 1 aliphatic heterocycles. The standard InChI is InChI=1S/C35H32ClN3O8/c1-44-25-15-13-24(14-16-25)37-34(42)31(22-17-28(45-2)33(47-4)29(18-22)46-3)39(19-21-9-11-23(36)12-10-21)30(40)20-38-27-8-6-5-7-26(27)32(41)35(38)43/h5-18,31H,19-20H2,1-4H3,(H,37,42). The maximum Gasteiger partial charge on any atom is 0.299 e. The van der Waals surface area contributed by atoms with Crippen LogP contribution in [-0.2, 0) is 20.9 Å². The van der Waals surface area contributed by atoms with E-state index in [1.54, 1.807) is 78.9 Å². The van der Waals surface area contributed by atoms with Crippen molar-refractivity contribution in [1.82, 2.24) is 4.90 Å². The van der Waals surface area contributed by atoms with Gasteiger partial charge in [-0.2, -0.15) is 0 Å². The molecule has 4 aromatic carbocycles. The average molecular weight is 658 g/mol. The number of rotatable bonds is 12. The van der Waals surface area contributed by atoms with Crippen LogP contribution < -0.4 is 29.2 Å². The van der Waals surface area contributed by atoms with Gasteiger partial charge in [-0.25, -0.2) is 0 Å². The molecule has 0 aromatic heterocycles. The fourth-order valence-electron chi connectivity index (χ4n) is 5.36. The lowest BCUT2D eigenvalue weighted by Crippen LogP contribution is -2.46. The van der Waals surface area contributed by atoms with Crippen LogP contribution in [0.3, 0.4) is 0 Å². The lowest BCUT2D eigenvalue weighted by atomic mass is 10.0. The number of fused-ring (bicyclic) bond motifs is 1. The summed E-state index contributed by atoms with van der Waals surface area (Å²) in [4.78, 5) is 57.1. The van der Waals surface area contributed by atoms with E-state index in [0.717, 1.165) is 4.90 Å². The molecule has 0 aliphatic carbocycles. The van der Waals surface area contributed by atoms with Gasteiger partial charge < -0.3 is 29.2 Å². The molecule has 12 heteroatoms. The van der Waals surface area contributed by atoms with Crippen molar-refractivity contribution < 1.29 is 38.1 Å². The zero-order chi connectivity index (χ0) is 33.7. The van der Waals surface area contributed by atoms with Crippen molar-refractivity contribution >= 4 is 46.5 Å². The highest BCUT2D eigenvalue weighted by molar-refractivity contribution is 6.52. The van der Waals surface area contributed by atoms with E-state index in [-0.39, 0.29) is 23.6 Å². The first-order valence-corrected chi connectivity index (χ1v) is 14.8. The molecule has 11 nitrogen and oxygen atoms in total. The molecule has 1 aliphatic rings. The number of carbonyl (C=O) groups excluding carboxylic acids is 4. The molecular weight excluding hydrogens is 626 g/mol. The first-order chi connectivity index (χ1) is 22.7. The lowest BCUT2D eigenvalue weighted by molar-refractivity contribution is -0.139. The van der Waals surface area contributed by atoms with Crippen LogP contribution in [0.15, 0.2) is 84.9 Å². The fraction of sp³-hybridized carbons (Fsp3) is 0.200. The van der Waals surface area contributed by atoms with Crippen molar-refractivity contribution in [1.29, 1.82) is 0 Å². The number of ketones is 1. The summed E-state index contributed by atoms with van der Waals surface area (Å²) in [7, 11) is 5.87. The third-order valence-corrected chi connectivity index (χ3v) is 7.93. The van der Waals surface area contributed by atoms with Crippen molar-refractivity contribution in [2.75, 3.05) is 45.2 Å².